The van der Waals surface area contributed by atoms with Gasteiger partial charge in [0.15, 0.2) is 0 Å². The number of alkyl halides is 6. The van der Waals surface area contributed by atoms with Gasteiger partial charge in [0.2, 0.25) is 0 Å². The van der Waals surface area contributed by atoms with Crippen LogP contribution in [0.15, 0.2) is 18.2 Å². The summed E-state index contributed by atoms with van der Waals surface area (Å²) < 4.78 is 75.0. The molecule has 0 amide bonds. The number of hydrogen-bond donors (Lipinski definition) is 1. The van der Waals surface area contributed by atoms with Gasteiger partial charge >= 0.3 is 12.4 Å². The van der Waals surface area contributed by atoms with Gasteiger partial charge in [-0.3, -0.25) is 0 Å². The molecular formula is C11H11F6N. The second-order valence-electron chi connectivity index (χ2n) is 3.65. The highest BCUT2D eigenvalue weighted by Crippen LogP contribution is 2.37. The van der Waals surface area contributed by atoms with Crippen LogP contribution in [0.3, 0.4) is 0 Å². The van der Waals surface area contributed by atoms with E-state index in [4.69, 9.17) is 0 Å². The monoisotopic (exact) mass is 271 g/mol. The number of benzene rings is 1. The van der Waals surface area contributed by atoms with Crippen LogP contribution in [0.2, 0.25) is 0 Å². The Labute approximate surface area is 99.8 Å². The zero-order valence-electron chi connectivity index (χ0n) is 9.41. The molecule has 1 rings (SSSR count). The molecule has 0 atom stereocenters. The van der Waals surface area contributed by atoms with Gasteiger partial charge in [0, 0.05) is 6.54 Å². The summed E-state index contributed by atoms with van der Waals surface area (Å²) in [6.45, 7) is 2.00. The van der Waals surface area contributed by atoms with Crippen molar-refractivity contribution in [3.05, 3.63) is 34.9 Å². The van der Waals surface area contributed by atoms with E-state index < -0.39 is 23.5 Å². The predicted molar refractivity (Wildman–Crippen MR) is 53.8 cm³/mol. The SMILES string of the molecule is CCNCc1ccc(C(F)(F)F)cc1C(F)(F)F. The minimum Gasteiger partial charge on any atom is -0.313 e. The lowest BCUT2D eigenvalue weighted by atomic mass is 10.0. The Balaban J connectivity index is 3.21. The van der Waals surface area contributed by atoms with Gasteiger partial charge in [-0.25, -0.2) is 0 Å². The summed E-state index contributed by atoms with van der Waals surface area (Å²) in [7, 11) is 0. The first-order chi connectivity index (χ1) is 8.16. The second-order valence-corrected chi connectivity index (χ2v) is 3.65. The van der Waals surface area contributed by atoms with Crippen LogP contribution in [0.5, 0.6) is 0 Å². The maximum Gasteiger partial charge on any atom is 0.416 e. The van der Waals surface area contributed by atoms with Crippen LogP contribution in [-0.4, -0.2) is 6.54 Å². The van der Waals surface area contributed by atoms with Crippen LogP contribution in [0.25, 0.3) is 0 Å². The third kappa shape index (κ3) is 3.63. The maximum atomic E-state index is 12.6. The molecule has 7 heteroatoms. The lowest BCUT2D eigenvalue weighted by molar-refractivity contribution is -0.143. The molecule has 0 radical (unpaired) electrons. The van der Waals surface area contributed by atoms with Crippen LogP contribution >= 0.6 is 0 Å². The molecule has 0 unspecified atom stereocenters. The van der Waals surface area contributed by atoms with E-state index in [9.17, 15) is 26.3 Å². The van der Waals surface area contributed by atoms with Gasteiger partial charge in [-0.1, -0.05) is 13.0 Å². The Bertz CT molecular complexity index is 407. The van der Waals surface area contributed by atoms with Crippen molar-refractivity contribution >= 4 is 0 Å². The fourth-order valence-corrected chi connectivity index (χ4v) is 1.43. The third-order valence-corrected chi connectivity index (χ3v) is 2.31. The molecule has 0 saturated carbocycles. The van der Waals surface area contributed by atoms with Crippen molar-refractivity contribution < 1.29 is 26.3 Å². The largest absolute Gasteiger partial charge is 0.416 e. The first-order valence-corrected chi connectivity index (χ1v) is 5.14. The van der Waals surface area contributed by atoms with Crippen molar-refractivity contribution in [3.63, 3.8) is 0 Å². The van der Waals surface area contributed by atoms with Crippen LogP contribution in [0, 0.1) is 0 Å². The van der Waals surface area contributed by atoms with E-state index in [0.717, 1.165) is 6.07 Å². The average molecular weight is 271 g/mol. The molecule has 0 bridgehead atoms. The van der Waals surface area contributed by atoms with E-state index in [0.29, 0.717) is 12.6 Å². The van der Waals surface area contributed by atoms with Crippen LogP contribution in [-0.2, 0) is 18.9 Å². The van der Waals surface area contributed by atoms with Gasteiger partial charge < -0.3 is 5.32 Å². The molecule has 18 heavy (non-hydrogen) atoms. The molecule has 1 aromatic carbocycles. The molecule has 0 spiro atoms. The van der Waals surface area contributed by atoms with Gasteiger partial charge in [-0.2, -0.15) is 26.3 Å². The fourth-order valence-electron chi connectivity index (χ4n) is 1.43. The van der Waals surface area contributed by atoms with E-state index in [2.05, 4.69) is 5.32 Å². The van der Waals surface area contributed by atoms with Crippen molar-refractivity contribution in [2.45, 2.75) is 25.8 Å². The number of rotatable bonds is 3. The molecule has 0 aliphatic heterocycles. The molecule has 0 aromatic heterocycles. The summed E-state index contributed by atoms with van der Waals surface area (Å²) in [5.41, 5.74) is -2.74. The quantitative estimate of drug-likeness (QED) is 0.824. The summed E-state index contributed by atoms with van der Waals surface area (Å²) in [5.74, 6) is 0. The van der Waals surface area contributed by atoms with Crippen LogP contribution in [0.1, 0.15) is 23.6 Å². The molecular weight excluding hydrogens is 260 g/mol. The molecule has 0 aliphatic carbocycles. The molecule has 1 nitrogen and oxygen atoms in total. The van der Waals surface area contributed by atoms with Gasteiger partial charge in [0.1, 0.15) is 0 Å². The number of halogens is 6. The molecule has 1 aromatic rings. The van der Waals surface area contributed by atoms with Crippen molar-refractivity contribution in [1.82, 2.24) is 5.32 Å². The molecule has 0 saturated heterocycles. The highest BCUT2D eigenvalue weighted by atomic mass is 19.4. The van der Waals surface area contributed by atoms with Crippen molar-refractivity contribution in [2.75, 3.05) is 6.54 Å². The summed E-state index contributed by atoms with van der Waals surface area (Å²) >= 11 is 0. The van der Waals surface area contributed by atoms with Gasteiger partial charge in [-0.05, 0) is 24.2 Å². The maximum absolute atomic E-state index is 12.6. The minimum absolute atomic E-state index is 0.122. The summed E-state index contributed by atoms with van der Waals surface area (Å²) in [6.07, 6.45) is -9.58. The van der Waals surface area contributed by atoms with Gasteiger partial charge in [0.25, 0.3) is 0 Å². The second kappa shape index (κ2) is 5.17. The van der Waals surface area contributed by atoms with Crippen molar-refractivity contribution in [1.29, 1.82) is 0 Å². The zero-order valence-corrected chi connectivity index (χ0v) is 9.41. The molecule has 0 heterocycles. The standard InChI is InChI=1S/C11H11F6N/c1-2-18-6-7-3-4-8(10(12,13)14)5-9(7)11(15,16)17/h3-5,18H,2,6H2,1H3. The molecule has 0 fully saturated rings. The Kier molecular flexibility index (Phi) is 4.26. The molecule has 1 N–H and O–H groups in total. The molecule has 102 valence electrons. The van der Waals surface area contributed by atoms with E-state index in [1.54, 1.807) is 6.92 Å². The lowest BCUT2D eigenvalue weighted by Crippen LogP contribution is -2.18. The number of nitrogens with one attached hydrogen (secondary N) is 1. The van der Waals surface area contributed by atoms with Crippen LogP contribution < -0.4 is 5.32 Å². The van der Waals surface area contributed by atoms with Crippen molar-refractivity contribution in [3.8, 4) is 0 Å². The molecule has 0 aliphatic rings. The first kappa shape index (κ1) is 14.8. The fraction of sp³-hybridized carbons (Fsp3) is 0.455. The minimum atomic E-state index is -4.80. The van der Waals surface area contributed by atoms with E-state index in [1.165, 1.54) is 0 Å². The first-order valence-electron chi connectivity index (χ1n) is 5.14. The Hall–Kier alpha value is -1.24. The lowest BCUT2D eigenvalue weighted by Gasteiger charge is -2.16. The smallest absolute Gasteiger partial charge is 0.313 e. The Morgan fingerprint density at radius 3 is 2.06 bits per heavy atom. The van der Waals surface area contributed by atoms with Crippen LogP contribution in [0.4, 0.5) is 26.3 Å². The van der Waals surface area contributed by atoms with Crippen molar-refractivity contribution in [2.24, 2.45) is 0 Å². The Morgan fingerprint density at radius 2 is 1.61 bits per heavy atom. The number of hydrogen-bond acceptors (Lipinski definition) is 1. The normalized spacial score (nSPS) is 12.8. The third-order valence-electron chi connectivity index (χ3n) is 2.31. The Morgan fingerprint density at radius 1 is 1.00 bits per heavy atom. The van der Waals surface area contributed by atoms with E-state index in [-0.39, 0.29) is 18.2 Å². The zero-order chi connectivity index (χ0) is 14.0. The highest BCUT2D eigenvalue weighted by molar-refractivity contribution is 5.35. The van der Waals surface area contributed by atoms with Gasteiger partial charge in [0.05, 0.1) is 11.1 Å². The summed E-state index contributed by atoms with van der Waals surface area (Å²) in [6, 6.07) is 1.66. The average Bonchev–Trinajstić information content (AvgIpc) is 2.23. The van der Waals surface area contributed by atoms with E-state index in [1.807, 2.05) is 0 Å². The summed E-state index contributed by atoms with van der Waals surface area (Å²) in [4.78, 5) is 0. The highest BCUT2D eigenvalue weighted by Gasteiger charge is 2.37. The predicted octanol–water partition coefficient (Wildman–Crippen LogP) is 3.83. The van der Waals surface area contributed by atoms with Gasteiger partial charge in [-0.15, -0.1) is 0 Å². The topological polar surface area (TPSA) is 12.0 Å². The van der Waals surface area contributed by atoms with E-state index >= 15 is 0 Å². The summed E-state index contributed by atoms with van der Waals surface area (Å²) in [5, 5.41) is 2.65.